The number of amides is 2. The fourth-order valence-electron chi connectivity index (χ4n) is 1.71. The first-order valence-electron chi connectivity index (χ1n) is 7.39. The minimum absolute atomic E-state index is 0.0761. The van der Waals surface area contributed by atoms with Crippen LogP contribution in [0.3, 0.4) is 0 Å². The highest BCUT2D eigenvalue weighted by Crippen LogP contribution is 2.25. The highest BCUT2D eigenvalue weighted by Gasteiger charge is 2.11. The smallest absolute Gasteiger partial charge is 0.234 e. The van der Waals surface area contributed by atoms with Crippen molar-refractivity contribution in [3.8, 4) is 0 Å². The summed E-state index contributed by atoms with van der Waals surface area (Å²) >= 11 is 2.38. The van der Waals surface area contributed by atoms with E-state index in [1.807, 2.05) is 6.92 Å². The second-order valence-electron chi connectivity index (χ2n) is 4.84. The molecule has 0 aliphatic heterocycles. The molecule has 0 spiro atoms. The van der Waals surface area contributed by atoms with E-state index in [1.165, 1.54) is 35.2 Å². The van der Waals surface area contributed by atoms with E-state index < -0.39 is 5.82 Å². The lowest BCUT2D eigenvalue weighted by molar-refractivity contribution is -0.116. The number of hydrogen-bond donors (Lipinski definition) is 2. The van der Waals surface area contributed by atoms with Gasteiger partial charge in [0.1, 0.15) is 5.82 Å². The maximum absolute atomic E-state index is 13.4. The molecule has 2 amide bonds. The minimum atomic E-state index is -0.483. The van der Waals surface area contributed by atoms with E-state index in [-0.39, 0.29) is 23.3 Å². The van der Waals surface area contributed by atoms with Crippen LogP contribution in [0, 0.1) is 5.82 Å². The van der Waals surface area contributed by atoms with Crippen LogP contribution in [0.4, 0.5) is 15.2 Å². The van der Waals surface area contributed by atoms with Gasteiger partial charge < -0.3 is 10.6 Å². The summed E-state index contributed by atoms with van der Waals surface area (Å²) in [5.74, 6) is -0.841. The Balaban J connectivity index is 1.79. The van der Waals surface area contributed by atoms with Crippen molar-refractivity contribution < 1.29 is 14.0 Å². The van der Waals surface area contributed by atoms with E-state index in [4.69, 9.17) is 0 Å². The van der Waals surface area contributed by atoms with Crippen LogP contribution in [-0.2, 0) is 9.59 Å². The molecule has 2 aromatic rings. The number of thioether (sulfide) groups is 1. The molecule has 2 N–H and O–H groups in total. The number of para-hydroxylation sites is 1. The number of nitrogens with one attached hydrogen (secondary N) is 2. The molecule has 2 rings (SSSR count). The third-order valence-corrected chi connectivity index (χ3v) is 4.86. The van der Waals surface area contributed by atoms with E-state index in [0.717, 1.165) is 12.8 Å². The van der Waals surface area contributed by atoms with Crippen LogP contribution < -0.4 is 10.6 Å². The number of anilines is 2. The van der Waals surface area contributed by atoms with Crippen molar-refractivity contribution in [2.24, 2.45) is 0 Å². The van der Waals surface area contributed by atoms with Crippen molar-refractivity contribution in [2.75, 3.05) is 16.4 Å². The first-order chi connectivity index (χ1) is 11.6. The number of rotatable bonds is 8. The number of nitrogens with zero attached hydrogens (tertiary/aromatic N) is 2. The zero-order valence-corrected chi connectivity index (χ0v) is 14.7. The molecule has 1 aromatic heterocycles. The predicted molar refractivity (Wildman–Crippen MR) is 93.8 cm³/mol. The van der Waals surface area contributed by atoms with Gasteiger partial charge in [0.25, 0.3) is 0 Å². The van der Waals surface area contributed by atoms with Gasteiger partial charge in [0.2, 0.25) is 16.9 Å². The highest BCUT2D eigenvalue weighted by atomic mass is 32.2. The first-order valence-corrected chi connectivity index (χ1v) is 9.19. The van der Waals surface area contributed by atoms with Crippen molar-refractivity contribution in [1.29, 1.82) is 0 Å². The van der Waals surface area contributed by atoms with E-state index in [1.54, 1.807) is 12.1 Å². The molecule has 0 saturated carbocycles. The van der Waals surface area contributed by atoms with Crippen LogP contribution >= 0.6 is 23.1 Å². The molecule has 1 aromatic carbocycles. The van der Waals surface area contributed by atoms with Crippen LogP contribution in [0.1, 0.15) is 26.2 Å². The van der Waals surface area contributed by atoms with Crippen molar-refractivity contribution in [1.82, 2.24) is 10.2 Å². The van der Waals surface area contributed by atoms with Crippen LogP contribution in [-0.4, -0.2) is 27.8 Å². The summed E-state index contributed by atoms with van der Waals surface area (Å²) in [4.78, 5) is 23.4. The molecule has 0 unspecified atom stereocenters. The normalized spacial score (nSPS) is 10.4. The summed E-state index contributed by atoms with van der Waals surface area (Å²) < 4.78 is 14.0. The zero-order valence-electron chi connectivity index (χ0n) is 13.0. The number of benzene rings is 1. The Morgan fingerprint density at radius 2 is 2.00 bits per heavy atom. The van der Waals surface area contributed by atoms with Crippen molar-refractivity contribution in [3.63, 3.8) is 0 Å². The molecule has 0 aliphatic carbocycles. The van der Waals surface area contributed by atoms with Gasteiger partial charge in [-0.15, -0.1) is 10.2 Å². The molecule has 24 heavy (non-hydrogen) atoms. The highest BCUT2D eigenvalue weighted by molar-refractivity contribution is 8.01. The molecular formula is C15H17FN4O2S2. The summed E-state index contributed by atoms with van der Waals surface area (Å²) in [6, 6.07) is 5.97. The number of unbranched alkanes of at least 4 members (excludes halogenated alkanes) is 1. The van der Waals surface area contributed by atoms with Crippen LogP contribution in [0.25, 0.3) is 0 Å². The van der Waals surface area contributed by atoms with Gasteiger partial charge in [-0.1, -0.05) is 48.6 Å². The predicted octanol–water partition coefficient (Wildman–Crippen LogP) is 3.54. The largest absolute Gasteiger partial charge is 0.323 e. The van der Waals surface area contributed by atoms with Crippen LogP contribution in [0.5, 0.6) is 0 Å². The molecular weight excluding hydrogens is 351 g/mol. The van der Waals surface area contributed by atoms with Gasteiger partial charge in [-0.2, -0.15) is 0 Å². The van der Waals surface area contributed by atoms with Gasteiger partial charge >= 0.3 is 0 Å². The Hall–Kier alpha value is -2.00. The van der Waals surface area contributed by atoms with E-state index in [0.29, 0.717) is 15.9 Å². The SMILES string of the molecule is CCCCC(=O)Nc1nnc(SCC(=O)Nc2ccccc2F)s1. The minimum Gasteiger partial charge on any atom is -0.323 e. The van der Waals surface area contributed by atoms with Crippen molar-refractivity contribution in [3.05, 3.63) is 30.1 Å². The number of hydrogen-bond acceptors (Lipinski definition) is 6. The summed E-state index contributed by atoms with van der Waals surface area (Å²) in [5, 5.41) is 13.4. The fourth-order valence-corrected chi connectivity index (χ4v) is 3.28. The quantitative estimate of drug-likeness (QED) is 0.550. The number of carbonyl (C=O) groups is 2. The van der Waals surface area contributed by atoms with Gasteiger partial charge in [-0.3, -0.25) is 9.59 Å². The molecule has 128 valence electrons. The second-order valence-corrected chi connectivity index (χ2v) is 7.04. The van der Waals surface area contributed by atoms with Crippen LogP contribution in [0.2, 0.25) is 0 Å². The van der Waals surface area contributed by atoms with Gasteiger partial charge in [-0.05, 0) is 18.6 Å². The third kappa shape index (κ3) is 5.89. The van der Waals surface area contributed by atoms with Gasteiger partial charge in [-0.25, -0.2) is 4.39 Å². The molecule has 0 radical (unpaired) electrons. The molecule has 0 saturated heterocycles. The lowest BCUT2D eigenvalue weighted by atomic mass is 10.2. The van der Waals surface area contributed by atoms with Gasteiger partial charge in [0.05, 0.1) is 11.4 Å². The number of aromatic nitrogens is 2. The molecule has 0 fully saturated rings. The van der Waals surface area contributed by atoms with Crippen molar-refractivity contribution >= 4 is 45.7 Å². The molecule has 9 heteroatoms. The topological polar surface area (TPSA) is 84.0 Å². The van der Waals surface area contributed by atoms with Gasteiger partial charge in [0.15, 0.2) is 4.34 Å². The third-order valence-electron chi connectivity index (χ3n) is 2.88. The summed E-state index contributed by atoms with van der Waals surface area (Å²) in [6.07, 6.45) is 2.22. The van der Waals surface area contributed by atoms with Crippen LogP contribution in [0.15, 0.2) is 28.6 Å². The summed E-state index contributed by atoms with van der Waals surface area (Å²) in [7, 11) is 0. The molecule has 6 nitrogen and oxygen atoms in total. The monoisotopic (exact) mass is 368 g/mol. The first kappa shape index (κ1) is 18.3. The standard InChI is InChI=1S/C15H17FN4O2S2/c1-2-3-8-12(21)18-14-19-20-15(24-14)23-9-13(22)17-11-7-5-4-6-10(11)16/h4-7H,2-3,8-9H2,1H3,(H,17,22)(H,18,19,21). The maximum atomic E-state index is 13.4. The average Bonchev–Trinajstić information content (AvgIpc) is 3.00. The second kappa shape index (κ2) is 9.33. The van der Waals surface area contributed by atoms with E-state index >= 15 is 0 Å². The Morgan fingerprint density at radius 1 is 1.21 bits per heavy atom. The lowest BCUT2D eigenvalue weighted by Gasteiger charge is -2.04. The molecule has 0 atom stereocenters. The van der Waals surface area contributed by atoms with Gasteiger partial charge in [0, 0.05) is 6.42 Å². The molecule has 0 bridgehead atoms. The lowest BCUT2D eigenvalue weighted by Crippen LogP contribution is -2.14. The van der Waals surface area contributed by atoms with E-state index in [2.05, 4.69) is 20.8 Å². The Morgan fingerprint density at radius 3 is 2.75 bits per heavy atom. The van der Waals surface area contributed by atoms with E-state index in [9.17, 15) is 14.0 Å². The summed E-state index contributed by atoms with van der Waals surface area (Å²) in [6.45, 7) is 2.01. The Bertz CT molecular complexity index is 708. The Kier molecular flexibility index (Phi) is 7.13. The Labute approximate surface area is 147 Å². The number of halogens is 1. The van der Waals surface area contributed by atoms with Crippen molar-refractivity contribution in [2.45, 2.75) is 30.5 Å². The zero-order chi connectivity index (χ0) is 17.4. The average molecular weight is 368 g/mol. The molecule has 0 aliphatic rings. The number of carbonyl (C=O) groups excluding carboxylic acids is 2. The molecule has 1 heterocycles. The fraction of sp³-hybridized carbons (Fsp3) is 0.333. The summed E-state index contributed by atoms with van der Waals surface area (Å²) in [5.41, 5.74) is 0.143. The maximum Gasteiger partial charge on any atom is 0.234 e.